The lowest BCUT2D eigenvalue weighted by molar-refractivity contribution is -0.143. The molecule has 7 heteroatoms. The van der Waals surface area contributed by atoms with E-state index in [1.54, 1.807) is 6.20 Å². The summed E-state index contributed by atoms with van der Waals surface area (Å²) in [7, 11) is -0.738. The molecule has 2 heterocycles. The number of pyridine rings is 1. The molecule has 2 aromatic rings. The van der Waals surface area contributed by atoms with Gasteiger partial charge in [-0.15, -0.1) is 0 Å². The fourth-order valence-electron chi connectivity index (χ4n) is 1.86. The van der Waals surface area contributed by atoms with Crippen molar-refractivity contribution in [3.63, 3.8) is 0 Å². The van der Waals surface area contributed by atoms with Crippen molar-refractivity contribution in [3.8, 4) is 0 Å². The molecule has 0 fully saturated rings. The molecule has 1 atom stereocenters. The number of aliphatic hydroxyl groups is 1. The molecule has 0 aromatic carbocycles. The van der Waals surface area contributed by atoms with Gasteiger partial charge in [0.15, 0.2) is 6.10 Å². The van der Waals surface area contributed by atoms with Crippen LogP contribution in [0.3, 0.4) is 0 Å². The number of hydrogen-bond donors (Lipinski definition) is 1. The molecule has 100 valence electrons. The monoisotopic (exact) mass is 280 g/mol. The van der Waals surface area contributed by atoms with Crippen molar-refractivity contribution in [2.75, 3.05) is 0 Å². The number of carbonyl (C=O) groups is 1. The Hall–Kier alpha value is -1.78. The van der Waals surface area contributed by atoms with E-state index in [0.717, 1.165) is 11.3 Å². The molecule has 0 saturated carbocycles. The van der Waals surface area contributed by atoms with E-state index >= 15 is 0 Å². The molecule has 0 saturated heterocycles. The lowest BCUT2D eigenvalue weighted by Crippen LogP contribution is -2.20. The van der Waals surface area contributed by atoms with Crippen LogP contribution in [0.4, 0.5) is 0 Å². The summed E-state index contributed by atoms with van der Waals surface area (Å²) in [5, 5.41) is 9.45. The summed E-state index contributed by atoms with van der Waals surface area (Å²) in [5.74, 6) is -0.866. The third kappa shape index (κ3) is 3.36. The highest BCUT2D eigenvalue weighted by molar-refractivity contribution is 7.18. The van der Waals surface area contributed by atoms with E-state index in [9.17, 15) is 14.5 Å². The Kier molecular flexibility index (Phi) is 4.60. The summed E-state index contributed by atoms with van der Waals surface area (Å²) in [6.45, 7) is 0. The molecule has 2 aromatic heterocycles. The molecule has 0 aliphatic carbocycles. The summed E-state index contributed by atoms with van der Waals surface area (Å²) in [4.78, 5) is 15.3. The molecular weight excluding hydrogens is 267 g/mol. The summed E-state index contributed by atoms with van der Waals surface area (Å²) in [6, 6.07) is 5.73. The quantitative estimate of drug-likeness (QED) is 0.815. The zero-order valence-corrected chi connectivity index (χ0v) is 11.0. The summed E-state index contributed by atoms with van der Waals surface area (Å²) in [6.07, 6.45) is 4.00. The minimum absolute atomic E-state index is 0.258. The summed E-state index contributed by atoms with van der Waals surface area (Å²) >= 11 is 0. The van der Waals surface area contributed by atoms with Crippen LogP contribution in [-0.2, 0) is 20.3 Å². The average molecular weight is 280 g/mol. The largest absolute Gasteiger partial charge is 0.398 e. The standard InChI is InChI=1S/C12H13N2O4P/c15-10(12(16)18-19-17)5-3-4-9-8-13-11-6-1-2-7-14(9)11/h1-2,6-8,10,15H,3-5H2. The minimum Gasteiger partial charge on any atom is -0.381 e. The van der Waals surface area contributed by atoms with Gasteiger partial charge in [0.1, 0.15) is 5.65 Å². The lowest BCUT2D eigenvalue weighted by Gasteiger charge is -2.06. The van der Waals surface area contributed by atoms with Crippen LogP contribution in [0.15, 0.2) is 30.6 Å². The zero-order chi connectivity index (χ0) is 13.7. The normalized spacial score (nSPS) is 12.7. The van der Waals surface area contributed by atoms with E-state index in [1.165, 1.54) is 0 Å². The Morgan fingerprint density at radius 3 is 3.16 bits per heavy atom. The van der Waals surface area contributed by atoms with Crippen LogP contribution in [-0.4, -0.2) is 26.6 Å². The van der Waals surface area contributed by atoms with Gasteiger partial charge in [0.2, 0.25) is 0 Å². The molecule has 0 radical (unpaired) electrons. The van der Waals surface area contributed by atoms with Crippen molar-refractivity contribution in [2.45, 2.75) is 25.4 Å². The van der Waals surface area contributed by atoms with Gasteiger partial charge in [-0.1, -0.05) is 6.07 Å². The molecule has 19 heavy (non-hydrogen) atoms. The number of carbonyl (C=O) groups excluding carboxylic acids is 1. The molecule has 1 unspecified atom stereocenters. The average Bonchev–Trinajstić information content (AvgIpc) is 2.82. The van der Waals surface area contributed by atoms with E-state index in [0.29, 0.717) is 12.8 Å². The third-order valence-corrected chi connectivity index (χ3v) is 3.06. The van der Waals surface area contributed by atoms with Crippen molar-refractivity contribution < 1.29 is 19.0 Å². The maximum absolute atomic E-state index is 11.1. The molecule has 0 amide bonds. The number of hydrogen-bond acceptors (Lipinski definition) is 5. The second-order valence-electron chi connectivity index (χ2n) is 4.07. The number of aryl methyl sites for hydroxylation is 1. The first-order chi connectivity index (χ1) is 9.22. The van der Waals surface area contributed by atoms with Crippen LogP contribution in [0.25, 0.3) is 5.65 Å². The van der Waals surface area contributed by atoms with Crippen molar-refractivity contribution in [3.05, 3.63) is 36.3 Å². The van der Waals surface area contributed by atoms with Gasteiger partial charge < -0.3 is 14.0 Å². The first-order valence-corrected chi connectivity index (χ1v) is 6.58. The van der Waals surface area contributed by atoms with E-state index < -0.39 is 20.8 Å². The third-order valence-electron chi connectivity index (χ3n) is 2.80. The minimum atomic E-state index is -1.24. The first-order valence-electron chi connectivity index (χ1n) is 5.85. The molecule has 1 N–H and O–H groups in total. The predicted octanol–water partition coefficient (Wildman–Crippen LogP) is 1.77. The smallest absolute Gasteiger partial charge is 0.381 e. The first kappa shape index (κ1) is 13.6. The Balaban J connectivity index is 1.89. The number of imidazole rings is 1. The van der Waals surface area contributed by atoms with Crippen LogP contribution >= 0.6 is 8.69 Å². The van der Waals surface area contributed by atoms with E-state index in [1.807, 2.05) is 28.8 Å². The Labute approximate surface area is 111 Å². The highest BCUT2D eigenvalue weighted by atomic mass is 31.1. The van der Waals surface area contributed by atoms with E-state index in [-0.39, 0.29) is 6.42 Å². The lowest BCUT2D eigenvalue weighted by atomic mass is 10.1. The highest BCUT2D eigenvalue weighted by Gasteiger charge is 2.16. The fourth-order valence-corrected chi connectivity index (χ4v) is 2.06. The molecule has 2 rings (SSSR count). The van der Waals surface area contributed by atoms with Gasteiger partial charge in [-0.25, -0.2) is 14.3 Å². The van der Waals surface area contributed by atoms with Crippen LogP contribution in [0.1, 0.15) is 18.5 Å². The molecule has 6 nitrogen and oxygen atoms in total. The molecule has 0 aliphatic heterocycles. The van der Waals surface area contributed by atoms with E-state index in [2.05, 4.69) is 9.51 Å². The van der Waals surface area contributed by atoms with Crippen molar-refractivity contribution in [2.24, 2.45) is 0 Å². The molecule has 0 aliphatic rings. The number of nitrogens with zero attached hydrogens (tertiary/aromatic N) is 2. The topological polar surface area (TPSA) is 80.9 Å². The van der Waals surface area contributed by atoms with E-state index in [4.69, 9.17) is 0 Å². The van der Waals surface area contributed by atoms with Gasteiger partial charge in [-0.2, -0.15) is 0 Å². The Morgan fingerprint density at radius 1 is 1.53 bits per heavy atom. The second kappa shape index (κ2) is 6.41. The molecule has 0 spiro atoms. The van der Waals surface area contributed by atoms with Gasteiger partial charge in [0, 0.05) is 18.1 Å². The number of rotatable bonds is 6. The summed E-state index contributed by atoms with van der Waals surface area (Å²) < 4.78 is 16.2. The Morgan fingerprint density at radius 2 is 2.37 bits per heavy atom. The van der Waals surface area contributed by atoms with Crippen molar-refractivity contribution in [1.82, 2.24) is 9.38 Å². The molecular formula is C12H13N2O4P. The van der Waals surface area contributed by atoms with Gasteiger partial charge >= 0.3 is 14.7 Å². The SMILES string of the molecule is O=POC(=O)C(O)CCCc1cnc2ccccn12. The fraction of sp³-hybridized carbons (Fsp3) is 0.333. The maximum atomic E-state index is 11.1. The van der Waals surface area contributed by atoms with Gasteiger partial charge in [-0.3, -0.25) is 0 Å². The summed E-state index contributed by atoms with van der Waals surface area (Å²) in [5.41, 5.74) is 1.88. The number of aromatic nitrogens is 2. The number of fused-ring (bicyclic) bond motifs is 1. The predicted molar refractivity (Wildman–Crippen MR) is 67.8 cm³/mol. The van der Waals surface area contributed by atoms with Crippen LogP contribution in [0.5, 0.6) is 0 Å². The molecule has 0 bridgehead atoms. The highest BCUT2D eigenvalue weighted by Crippen LogP contribution is 2.11. The van der Waals surface area contributed by atoms with Gasteiger partial charge in [-0.05, 0) is 31.4 Å². The van der Waals surface area contributed by atoms with Crippen molar-refractivity contribution in [1.29, 1.82) is 0 Å². The zero-order valence-electron chi connectivity index (χ0n) is 10.1. The second-order valence-corrected chi connectivity index (χ2v) is 4.40. The number of aliphatic hydroxyl groups excluding tert-OH is 1. The van der Waals surface area contributed by atoms with Gasteiger partial charge in [0.05, 0.1) is 0 Å². The van der Waals surface area contributed by atoms with Crippen LogP contribution in [0, 0.1) is 0 Å². The van der Waals surface area contributed by atoms with Crippen molar-refractivity contribution >= 4 is 20.3 Å². The van der Waals surface area contributed by atoms with Gasteiger partial charge in [0.25, 0.3) is 0 Å². The Bertz CT molecular complexity index is 584. The van der Waals surface area contributed by atoms with Crippen LogP contribution in [0.2, 0.25) is 0 Å². The van der Waals surface area contributed by atoms with Crippen LogP contribution < -0.4 is 0 Å². The maximum Gasteiger partial charge on any atom is 0.398 e.